The molecule has 1 atom stereocenters. The minimum absolute atomic E-state index is 0.364. The van der Waals surface area contributed by atoms with E-state index in [-0.39, 0.29) is 0 Å². The van der Waals surface area contributed by atoms with Gasteiger partial charge in [-0.1, -0.05) is 11.6 Å². The molecule has 2 aliphatic carbocycles. The summed E-state index contributed by atoms with van der Waals surface area (Å²) in [4.78, 5) is 8.41. The molecule has 0 bridgehead atoms. The summed E-state index contributed by atoms with van der Waals surface area (Å²) in [5.41, 5.74) is 2.00. The monoisotopic (exact) mass is 461 g/mol. The third kappa shape index (κ3) is 6.30. The van der Waals surface area contributed by atoms with Crippen molar-refractivity contribution < 1.29 is 9.13 Å². The maximum Gasteiger partial charge on any atom is 0.236 e. The fourth-order valence-electron chi connectivity index (χ4n) is 4.35. The van der Waals surface area contributed by atoms with Crippen LogP contribution < -0.4 is 16.0 Å². The highest BCUT2D eigenvalue weighted by molar-refractivity contribution is 6.33. The molecule has 2 aliphatic rings. The molecular weight excluding hydrogens is 429 g/mol. The smallest absolute Gasteiger partial charge is 0.236 e. The molecule has 0 aromatic carbocycles. The molecule has 174 valence electrons. The average Bonchev–Trinajstić information content (AvgIpc) is 3.61. The van der Waals surface area contributed by atoms with Gasteiger partial charge in [0, 0.05) is 55.3 Å². The van der Waals surface area contributed by atoms with E-state index < -0.39 is 5.95 Å². The standard InChI is InChI=1S/C24H33ClFN5O/c1-15(14-32-2)30-18-5-7-19(8-6-18)31-23-10-20(21(25)13-28-23)17-9-22(24(26)29-12-17)27-11-16-3-4-16/h9-10,12-13,15-16,18-19,27,30H,3-8,11,14H2,1-2H3,(H,28,31). The van der Waals surface area contributed by atoms with E-state index in [1.165, 1.54) is 19.0 Å². The number of ether oxygens (including phenoxy) is 1. The zero-order chi connectivity index (χ0) is 22.5. The van der Waals surface area contributed by atoms with Gasteiger partial charge in [-0.15, -0.1) is 0 Å². The molecule has 2 saturated carbocycles. The molecule has 1 unspecified atom stereocenters. The number of pyridine rings is 2. The van der Waals surface area contributed by atoms with Crippen LogP contribution >= 0.6 is 11.6 Å². The molecule has 2 aromatic rings. The third-order valence-electron chi connectivity index (χ3n) is 6.30. The molecule has 2 heterocycles. The van der Waals surface area contributed by atoms with Crippen LogP contribution in [-0.4, -0.2) is 48.4 Å². The minimum Gasteiger partial charge on any atom is -0.383 e. The van der Waals surface area contributed by atoms with Gasteiger partial charge in [-0.3, -0.25) is 0 Å². The molecule has 4 rings (SSSR count). The first-order valence-electron chi connectivity index (χ1n) is 11.6. The lowest BCUT2D eigenvalue weighted by Gasteiger charge is -2.32. The molecule has 0 spiro atoms. The van der Waals surface area contributed by atoms with Gasteiger partial charge < -0.3 is 20.7 Å². The Morgan fingerprint density at radius 2 is 1.84 bits per heavy atom. The van der Waals surface area contributed by atoms with Crippen LogP contribution in [0.4, 0.5) is 15.9 Å². The lowest BCUT2D eigenvalue weighted by molar-refractivity contribution is 0.161. The number of nitrogens with zero attached hydrogens (tertiary/aromatic N) is 2. The van der Waals surface area contributed by atoms with E-state index in [2.05, 4.69) is 32.8 Å². The fourth-order valence-corrected chi connectivity index (χ4v) is 4.56. The summed E-state index contributed by atoms with van der Waals surface area (Å²) in [6.07, 6.45) is 9.97. The van der Waals surface area contributed by atoms with Crippen LogP contribution in [0.25, 0.3) is 11.1 Å². The van der Waals surface area contributed by atoms with Crippen molar-refractivity contribution >= 4 is 23.1 Å². The number of hydrogen-bond donors (Lipinski definition) is 3. The summed E-state index contributed by atoms with van der Waals surface area (Å²) in [5, 5.41) is 10.9. The summed E-state index contributed by atoms with van der Waals surface area (Å²) in [6, 6.07) is 4.98. The van der Waals surface area contributed by atoms with Gasteiger partial charge in [0.2, 0.25) is 5.95 Å². The first-order chi connectivity index (χ1) is 15.5. The average molecular weight is 462 g/mol. The number of anilines is 2. The van der Waals surface area contributed by atoms with Gasteiger partial charge in [-0.25, -0.2) is 9.97 Å². The van der Waals surface area contributed by atoms with Crippen molar-refractivity contribution in [1.29, 1.82) is 0 Å². The van der Waals surface area contributed by atoms with Crippen LogP contribution in [0.3, 0.4) is 0 Å². The Hall–Kier alpha value is -1.96. The quantitative estimate of drug-likeness (QED) is 0.427. The molecule has 8 heteroatoms. The molecule has 6 nitrogen and oxygen atoms in total. The van der Waals surface area contributed by atoms with Crippen molar-refractivity contribution in [3.05, 3.63) is 35.5 Å². The van der Waals surface area contributed by atoms with Crippen LogP contribution in [0, 0.1) is 11.9 Å². The Morgan fingerprint density at radius 3 is 2.56 bits per heavy atom. The topological polar surface area (TPSA) is 71.1 Å². The van der Waals surface area contributed by atoms with E-state index in [4.69, 9.17) is 16.3 Å². The number of halogens is 2. The predicted molar refractivity (Wildman–Crippen MR) is 128 cm³/mol. The summed E-state index contributed by atoms with van der Waals surface area (Å²) < 4.78 is 19.4. The molecule has 0 aliphatic heterocycles. The van der Waals surface area contributed by atoms with Crippen LogP contribution in [0.2, 0.25) is 5.02 Å². The van der Waals surface area contributed by atoms with E-state index in [1.54, 1.807) is 19.4 Å². The second kappa shape index (κ2) is 10.8. The first-order valence-corrected chi connectivity index (χ1v) is 12.0. The van der Waals surface area contributed by atoms with Crippen molar-refractivity contribution in [3.63, 3.8) is 0 Å². The number of methoxy groups -OCH3 is 1. The first kappa shape index (κ1) is 23.2. The predicted octanol–water partition coefficient (Wildman–Crippen LogP) is 5.11. The van der Waals surface area contributed by atoms with Crippen LogP contribution in [-0.2, 0) is 4.74 Å². The van der Waals surface area contributed by atoms with Crippen molar-refractivity contribution in [3.8, 4) is 11.1 Å². The lowest BCUT2D eigenvalue weighted by Crippen LogP contribution is -2.42. The van der Waals surface area contributed by atoms with Crippen molar-refractivity contribution in [2.45, 2.75) is 63.6 Å². The summed E-state index contributed by atoms with van der Waals surface area (Å²) in [7, 11) is 1.74. The Bertz CT molecular complexity index is 902. The number of nitrogens with one attached hydrogen (secondary N) is 3. The largest absolute Gasteiger partial charge is 0.383 e. The number of aromatic nitrogens is 2. The molecule has 0 amide bonds. The lowest BCUT2D eigenvalue weighted by atomic mass is 9.90. The van der Waals surface area contributed by atoms with Gasteiger partial charge in [0.1, 0.15) is 5.82 Å². The maximum absolute atomic E-state index is 14.2. The maximum atomic E-state index is 14.2. The van der Waals surface area contributed by atoms with Gasteiger partial charge in [-0.2, -0.15) is 4.39 Å². The fraction of sp³-hybridized carbons (Fsp3) is 0.583. The highest BCUT2D eigenvalue weighted by Crippen LogP contribution is 2.33. The van der Waals surface area contributed by atoms with Crippen LogP contribution in [0.15, 0.2) is 24.5 Å². The highest BCUT2D eigenvalue weighted by atomic mass is 35.5. The van der Waals surface area contributed by atoms with Gasteiger partial charge in [0.25, 0.3) is 0 Å². The molecule has 3 N–H and O–H groups in total. The number of rotatable bonds is 10. The van der Waals surface area contributed by atoms with Crippen molar-refractivity contribution in [1.82, 2.24) is 15.3 Å². The van der Waals surface area contributed by atoms with Gasteiger partial charge >= 0.3 is 0 Å². The Labute approximate surface area is 194 Å². The molecule has 0 radical (unpaired) electrons. The SMILES string of the molecule is COCC(C)NC1CCC(Nc2cc(-c3cnc(F)c(NCC4CC4)c3)c(Cl)cn2)CC1. The summed E-state index contributed by atoms with van der Waals surface area (Å²) >= 11 is 6.45. The second-order valence-electron chi connectivity index (χ2n) is 9.15. The van der Waals surface area contributed by atoms with Crippen molar-refractivity contribution in [2.24, 2.45) is 5.92 Å². The number of hydrogen-bond acceptors (Lipinski definition) is 6. The summed E-state index contributed by atoms with van der Waals surface area (Å²) in [5.74, 6) is 0.945. The van der Waals surface area contributed by atoms with Crippen molar-refractivity contribution in [2.75, 3.05) is 30.9 Å². The normalized spacial score (nSPS) is 21.9. The zero-order valence-electron chi connectivity index (χ0n) is 18.8. The minimum atomic E-state index is -0.483. The second-order valence-corrected chi connectivity index (χ2v) is 9.56. The van der Waals surface area contributed by atoms with Gasteiger partial charge in [0.15, 0.2) is 0 Å². The molecule has 2 aromatic heterocycles. The van der Waals surface area contributed by atoms with E-state index >= 15 is 0 Å². The molecular formula is C24H33ClFN5O. The molecule has 0 saturated heterocycles. The van der Waals surface area contributed by atoms with Crippen LogP contribution in [0.5, 0.6) is 0 Å². The Morgan fingerprint density at radius 1 is 1.09 bits per heavy atom. The molecule has 32 heavy (non-hydrogen) atoms. The van der Waals surface area contributed by atoms with Gasteiger partial charge in [-0.05, 0) is 63.5 Å². The van der Waals surface area contributed by atoms with E-state index in [1.807, 2.05) is 6.07 Å². The Kier molecular flexibility index (Phi) is 7.81. The Balaban J connectivity index is 1.38. The van der Waals surface area contributed by atoms with E-state index in [0.717, 1.165) is 55.8 Å². The summed E-state index contributed by atoms with van der Waals surface area (Å²) in [6.45, 7) is 3.66. The molecule has 2 fully saturated rings. The van der Waals surface area contributed by atoms with Crippen LogP contribution in [0.1, 0.15) is 45.4 Å². The third-order valence-corrected chi connectivity index (χ3v) is 6.60. The zero-order valence-corrected chi connectivity index (χ0v) is 19.6. The van der Waals surface area contributed by atoms with E-state index in [0.29, 0.717) is 34.8 Å². The van der Waals surface area contributed by atoms with E-state index in [9.17, 15) is 4.39 Å². The highest BCUT2D eigenvalue weighted by Gasteiger charge is 2.23. The van der Waals surface area contributed by atoms with Gasteiger partial charge in [0.05, 0.1) is 17.3 Å².